The van der Waals surface area contributed by atoms with Gasteiger partial charge in [0.25, 0.3) is 11.6 Å². The number of nitrogens with one attached hydrogen (secondary N) is 2. The molecule has 2 rings (SSSR count). The molecule has 0 saturated heterocycles. The Bertz CT molecular complexity index is 913. The standard InChI is InChI=1S/C20H21N3O6/c1-2-14-6-3-4-9-17(14)22-18(24)10-11-20(26)29-13-19(25)21-15-7-5-8-16(12-15)23(27)28/h3-9,12H,2,10-11,13H2,1H3,(H,21,25)(H,22,24). The minimum Gasteiger partial charge on any atom is -0.456 e. The second kappa shape index (κ2) is 10.5. The van der Waals surface area contributed by atoms with Crippen LogP contribution in [0.1, 0.15) is 25.3 Å². The average Bonchev–Trinajstić information content (AvgIpc) is 2.71. The van der Waals surface area contributed by atoms with Crippen LogP contribution < -0.4 is 10.6 Å². The van der Waals surface area contributed by atoms with Crippen LogP contribution in [-0.4, -0.2) is 29.3 Å². The van der Waals surface area contributed by atoms with Gasteiger partial charge in [0, 0.05) is 29.9 Å². The maximum Gasteiger partial charge on any atom is 0.306 e. The minimum atomic E-state index is -0.696. The number of hydrogen-bond acceptors (Lipinski definition) is 6. The van der Waals surface area contributed by atoms with Crippen molar-refractivity contribution in [1.29, 1.82) is 0 Å². The van der Waals surface area contributed by atoms with Crippen molar-refractivity contribution >= 4 is 34.8 Å². The van der Waals surface area contributed by atoms with Crippen LogP contribution >= 0.6 is 0 Å². The van der Waals surface area contributed by atoms with Crippen LogP contribution in [0.15, 0.2) is 48.5 Å². The van der Waals surface area contributed by atoms with E-state index in [4.69, 9.17) is 4.74 Å². The lowest BCUT2D eigenvalue weighted by atomic mass is 10.1. The summed E-state index contributed by atoms with van der Waals surface area (Å²) >= 11 is 0. The first-order valence-corrected chi connectivity index (χ1v) is 8.96. The normalized spacial score (nSPS) is 10.1. The van der Waals surface area contributed by atoms with Gasteiger partial charge in [0.05, 0.1) is 11.3 Å². The number of non-ortho nitro benzene ring substituents is 1. The lowest BCUT2D eigenvalue weighted by Gasteiger charge is -2.09. The molecule has 9 nitrogen and oxygen atoms in total. The Morgan fingerprint density at radius 2 is 1.76 bits per heavy atom. The largest absolute Gasteiger partial charge is 0.456 e. The van der Waals surface area contributed by atoms with E-state index in [0.717, 1.165) is 12.0 Å². The summed E-state index contributed by atoms with van der Waals surface area (Å²) in [5, 5.41) is 15.9. The Morgan fingerprint density at radius 1 is 1.00 bits per heavy atom. The summed E-state index contributed by atoms with van der Waals surface area (Å²) in [5.41, 5.74) is 1.73. The first kappa shape index (κ1) is 21.5. The van der Waals surface area contributed by atoms with E-state index in [1.807, 2.05) is 25.1 Å². The number of hydrogen-bond donors (Lipinski definition) is 2. The molecule has 0 heterocycles. The maximum absolute atomic E-state index is 12.0. The van der Waals surface area contributed by atoms with Gasteiger partial charge < -0.3 is 15.4 Å². The van der Waals surface area contributed by atoms with Crippen LogP contribution in [0.2, 0.25) is 0 Å². The lowest BCUT2D eigenvalue weighted by molar-refractivity contribution is -0.384. The fraction of sp³-hybridized carbons (Fsp3) is 0.250. The number of carbonyl (C=O) groups is 3. The number of esters is 1. The van der Waals surface area contributed by atoms with Gasteiger partial charge in [0.1, 0.15) is 0 Å². The van der Waals surface area contributed by atoms with E-state index >= 15 is 0 Å². The topological polar surface area (TPSA) is 128 Å². The molecule has 0 aliphatic carbocycles. The molecule has 2 aromatic rings. The molecule has 0 spiro atoms. The molecule has 0 atom stereocenters. The number of rotatable bonds is 9. The zero-order valence-corrected chi connectivity index (χ0v) is 15.8. The van der Waals surface area contributed by atoms with Crippen molar-refractivity contribution in [2.45, 2.75) is 26.2 Å². The Morgan fingerprint density at radius 3 is 2.48 bits per heavy atom. The molecule has 0 aliphatic rings. The number of nitro groups is 1. The van der Waals surface area contributed by atoms with Gasteiger partial charge in [0.15, 0.2) is 6.61 Å². The fourth-order valence-corrected chi connectivity index (χ4v) is 2.49. The van der Waals surface area contributed by atoms with Gasteiger partial charge >= 0.3 is 5.97 Å². The van der Waals surface area contributed by atoms with Crippen LogP contribution in [-0.2, 0) is 25.5 Å². The number of amides is 2. The number of benzene rings is 2. The third kappa shape index (κ3) is 7.06. The molecule has 2 amide bonds. The van der Waals surface area contributed by atoms with Crippen molar-refractivity contribution in [2.24, 2.45) is 0 Å². The van der Waals surface area contributed by atoms with E-state index in [1.54, 1.807) is 6.07 Å². The number of nitro benzene ring substituents is 1. The number of nitrogens with zero attached hydrogens (tertiary/aromatic N) is 1. The Labute approximate surface area is 167 Å². The summed E-state index contributed by atoms with van der Waals surface area (Å²) in [7, 11) is 0. The molecular weight excluding hydrogens is 378 g/mol. The highest BCUT2D eigenvalue weighted by atomic mass is 16.6. The van der Waals surface area contributed by atoms with Gasteiger partial charge in [-0.3, -0.25) is 24.5 Å². The molecule has 29 heavy (non-hydrogen) atoms. The van der Waals surface area contributed by atoms with Crippen molar-refractivity contribution in [3.05, 3.63) is 64.2 Å². The van der Waals surface area contributed by atoms with E-state index in [2.05, 4.69) is 10.6 Å². The highest BCUT2D eigenvalue weighted by Gasteiger charge is 2.13. The molecule has 0 unspecified atom stereocenters. The van der Waals surface area contributed by atoms with Gasteiger partial charge in [-0.1, -0.05) is 31.2 Å². The molecule has 0 radical (unpaired) electrons. The second-order valence-electron chi connectivity index (χ2n) is 6.08. The Hall–Kier alpha value is -3.75. The number of para-hydroxylation sites is 1. The predicted molar refractivity (Wildman–Crippen MR) is 106 cm³/mol. The predicted octanol–water partition coefficient (Wildman–Crippen LogP) is 3.06. The first-order chi connectivity index (χ1) is 13.9. The van der Waals surface area contributed by atoms with Gasteiger partial charge in [-0.15, -0.1) is 0 Å². The third-order valence-corrected chi connectivity index (χ3v) is 3.93. The molecule has 0 bridgehead atoms. The summed E-state index contributed by atoms with van der Waals surface area (Å²) in [4.78, 5) is 45.7. The molecule has 0 aliphatic heterocycles. The number of anilines is 2. The molecule has 0 aromatic heterocycles. The fourth-order valence-electron chi connectivity index (χ4n) is 2.49. The van der Waals surface area contributed by atoms with Gasteiger partial charge in [-0.25, -0.2) is 0 Å². The van der Waals surface area contributed by atoms with Crippen molar-refractivity contribution in [2.75, 3.05) is 17.2 Å². The van der Waals surface area contributed by atoms with Crippen molar-refractivity contribution in [3.63, 3.8) is 0 Å². The van der Waals surface area contributed by atoms with Crippen LogP contribution in [0.4, 0.5) is 17.1 Å². The minimum absolute atomic E-state index is 0.0800. The second-order valence-corrected chi connectivity index (χ2v) is 6.08. The highest BCUT2D eigenvalue weighted by molar-refractivity contribution is 5.95. The van der Waals surface area contributed by atoms with Crippen molar-refractivity contribution in [3.8, 4) is 0 Å². The van der Waals surface area contributed by atoms with Crippen LogP contribution in [0.25, 0.3) is 0 Å². The lowest BCUT2D eigenvalue weighted by Crippen LogP contribution is -2.22. The molecular formula is C20H21N3O6. The molecule has 0 saturated carbocycles. The summed E-state index contributed by atoms with van der Waals surface area (Å²) in [6.07, 6.45) is 0.506. The van der Waals surface area contributed by atoms with E-state index in [0.29, 0.717) is 5.69 Å². The quantitative estimate of drug-likeness (QED) is 0.379. The smallest absolute Gasteiger partial charge is 0.306 e. The van der Waals surface area contributed by atoms with E-state index < -0.39 is 23.4 Å². The third-order valence-electron chi connectivity index (χ3n) is 3.93. The summed E-state index contributed by atoms with van der Waals surface area (Å²) in [5.74, 6) is -1.66. The van der Waals surface area contributed by atoms with Crippen LogP contribution in [0.5, 0.6) is 0 Å². The Kier molecular flexibility index (Phi) is 7.84. The van der Waals surface area contributed by atoms with E-state index in [-0.39, 0.29) is 30.1 Å². The van der Waals surface area contributed by atoms with E-state index in [9.17, 15) is 24.5 Å². The van der Waals surface area contributed by atoms with Gasteiger partial charge in [0.2, 0.25) is 5.91 Å². The zero-order valence-electron chi connectivity index (χ0n) is 15.8. The molecule has 152 valence electrons. The highest BCUT2D eigenvalue weighted by Crippen LogP contribution is 2.17. The molecule has 2 aromatic carbocycles. The van der Waals surface area contributed by atoms with Crippen molar-refractivity contribution in [1.82, 2.24) is 0 Å². The number of ether oxygens (including phenoxy) is 1. The van der Waals surface area contributed by atoms with E-state index in [1.165, 1.54) is 24.3 Å². The van der Waals surface area contributed by atoms with Crippen LogP contribution in [0, 0.1) is 10.1 Å². The van der Waals surface area contributed by atoms with Gasteiger partial charge in [-0.2, -0.15) is 0 Å². The Balaban J connectivity index is 1.73. The molecule has 0 fully saturated rings. The summed E-state index contributed by atoms with van der Waals surface area (Å²) in [6.45, 7) is 1.42. The van der Waals surface area contributed by atoms with Crippen molar-refractivity contribution < 1.29 is 24.0 Å². The van der Waals surface area contributed by atoms with Gasteiger partial charge in [-0.05, 0) is 24.1 Å². The molecule has 2 N–H and O–H groups in total. The maximum atomic E-state index is 12.0. The first-order valence-electron chi connectivity index (χ1n) is 8.96. The summed E-state index contributed by atoms with van der Waals surface area (Å²) in [6, 6.07) is 12.8. The number of carbonyl (C=O) groups excluding carboxylic acids is 3. The molecule has 9 heteroatoms. The summed E-state index contributed by atoms with van der Waals surface area (Å²) < 4.78 is 4.83. The zero-order chi connectivity index (χ0) is 21.2. The monoisotopic (exact) mass is 399 g/mol. The average molecular weight is 399 g/mol. The van der Waals surface area contributed by atoms with Crippen LogP contribution in [0.3, 0.4) is 0 Å². The number of aryl methyl sites for hydroxylation is 1. The SMILES string of the molecule is CCc1ccccc1NC(=O)CCC(=O)OCC(=O)Nc1cccc([N+](=O)[O-])c1.